The van der Waals surface area contributed by atoms with Crippen LogP contribution < -0.4 is 16.0 Å². The molecule has 0 bridgehead atoms. The van der Waals surface area contributed by atoms with Crippen molar-refractivity contribution in [3.63, 3.8) is 0 Å². The minimum atomic E-state index is -0.539. The molecule has 2 atom stereocenters. The van der Waals surface area contributed by atoms with Crippen LogP contribution in [0.2, 0.25) is 0 Å². The zero-order chi connectivity index (χ0) is 18.8. The average Bonchev–Trinajstić information content (AvgIpc) is 2.62. The Hall–Kier alpha value is -2.28. The van der Waals surface area contributed by atoms with Gasteiger partial charge in [-0.2, -0.15) is 0 Å². The third kappa shape index (κ3) is 6.92. The number of methoxy groups -OCH3 is 1. The molecular formula is C19H29N3O4. The number of rotatable bonds is 8. The van der Waals surface area contributed by atoms with Gasteiger partial charge < -0.3 is 20.1 Å². The fourth-order valence-electron chi connectivity index (χ4n) is 3.05. The van der Waals surface area contributed by atoms with Crippen molar-refractivity contribution in [3.05, 3.63) is 24.3 Å². The van der Waals surface area contributed by atoms with E-state index in [0.29, 0.717) is 18.2 Å². The quantitative estimate of drug-likeness (QED) is 0.618. The monoisotopic (exact) mass is 363 g/mol. The molecule has 0 aromatic heterocycles. The van der Waals surface area contributed by atoms with E-state index >= 15 is 0 Å². The second-order valence-corrected chi connectivity index (χ2v) is 6.62. The molecule has 1 saturated carbocycles. The summed E-state index contributed by atoms with van der Waals surface area (Å²) in [6.07, 6.45) is 4.11. The third-order valence-corrected chi connectivity index (χ3v) is 4.54. The van der Waals surface area contributed by atoms with Gasteiger partial charge in [0.15, 0.2) is 0 Å². The molecular weight excluding hydrogens is 334 g/mol. The van der Waals surface area contributed by atoms with Gasteiger partial charge in [-0.25, -0.2) is 4.79 Å². The van der Waals surface area contributed by atoms with Gasteiger partial charge >= 0.3 is 6.09 Å². The Bertz CT molecular complexity index is 594. The lowest BCUT2D eigenvalue weighted by Crippen LogP contribution is -2.43. The van der Waals surface area contributed by atoms with Crippen LogP contribution in [0.4, 0.5) is 16.2 Å². The molecule has 7 nitrogen and oxygen atoms in total. The molecule has 26 heavy (non-hydrogen) atoms. The first kappa shape index (κ1) is 20.0. The van der Waals surface area contributed by atoms with Crippen LogP contribution >= 0.6 is 0 Å². The lowest BCUT2D eigenvalue weighted by molar-refractivity contribution is -0.120. The van der Waals surface area contributed by atoms with Gasteiger partial charge in [0, 0.05) is 24.5 Å². The number of amides is 2. The lowest BCUT2D eigenvalue weighted by Gasteiger charge is -2.29. The summed E-state index contributed by atoms with van der Waals surface area (Å²) in [7, 11) is 1.54. The van der Waals surface area contributed by atoms with Gasteiger partial charge in [0.25, 0.3) is 0 Å². The molecule has 0 radical (unpaired) electrons. The summed E-state index contributed by atoms with van der Waals surface area (Å²) in [5.74, 6) is 0.519. The normalized spacial score (nSPS) is 19.5. The molecule has 0 aliphatic heterocycles. The Kier molecular flexibility index (Phi) is 8.21. The molecule has 3 N–H and O–H groups in total. The van der Waals surface area contributed by atoms with Gasteiger partial charge in [0.05, 0.1) is 13.2 Å². The van der Waals surface area contributed by atoms with E-state index in [1.165, 1.54) is 19.3 Å². The number of carbonyl (C=O) groups is 2. The second kappa shape index (κ2) is 10.7. The molecule has 1 aromatic carbocycles. The summed E-state index contributed by atoms with van der Waals surface area (Å²) in [4.78, 5) is 23.8. The molecule has 0 heterocycles. The highest BCUT2D eigenvalue weighted by atomic mass is 16.6. The number of carbonyl (C=O) groups excluding carboxylic acids is 2. The van der Waals surface area contributed by atoms with E-state index in [1.54, 1.807) is 25.3 Å². The first-order valence-electron chi connectivity index (χ1n) is 9.14. The summed E-state index contributed by atoms with van der Waals surface area (Å²) < 4.78 is 9.78. The number of ether oxygens (including phenoxy) is 2. The van der Waals surface area contributed by atoms with Crippen molar-refractivity contribution >= 4 is 23.4 Å². The molecule has 0 saturated heterocycles. The molecule has 2 rings (SSSR count). The lowest BCUT2D eigenvalue weighted by atomic mass is 9.86. The van der Waals surface area contributed by atoms with Gasteiger partial charge in [-0.05, 0) is 37.0 Å². The zero-order valence-corrected chi connectivity index (χ0v) is 15.5. The molecule has 1 aromatic rings. The van der Waals surface area contributed by atoms with Crippen LogP contribution in [0.15, 0.2) is 24.3 Å². The van der Waals surface area contributed by atoms with Crippen molar-refractivity contribution in [2.45, 2.75) is 38.6 Å². The largest absolute Gasteiger partial charge is 0.447 e. The maximum Gasteiger partial charge on any atom is 0.411 e. The van der Waals surface area contributed by atoms with Crippen molar-refractivity contribution in [2.75, 3.05) is 37.5 Å². The fourth-order valence-corrected chi connectivity index (χ4v) is 3.05. The zero-order valence-electron chi connectivity index (χ0n) is 15.5. The second-order valence-electron chi connectivity index (χ2n) is 6.62. The van der Waals surface area contributed by atoms with Crippen LogP contribution in [0.1, 0.15) is 32.6 Å². The molecule has 2 unspecified atom stereocenters. The average molecular weight is 363 g/mol. The van der Waals surface area contributed by atoms with Crippen LogP contribution in [-0.2, 0) is 14.3 Å². The summed E-state index contributed by atoms with van der Waals surface area (Å²) in [5.41, 5.74) is 1.35. The maximum absolute atomic E-state index is 12.2. The summed E-state index contributed by atoms with van der Waals surface area (Å²) in [6, 6.07) is 7.43. The third-order valence-electron chi connectivity index (χ3n) is 4.54. The SMILES string of the molecule is COCCOC(=O)Nc1cccc(NCC(=O)NC2CCCCC2C)c1. The maximum atomic E-state index is 12.2. The van der Waals surface area contributed by atoms with E-state index in [1.807, 2.05) is 6.07 Å². The fraction of sp³-hybridized carbons (Fsp3) is 0.579. The van der Waals surface area contributed by atoms with Crippen molar-refractivity contribution < 1.29 is 19.1 Å². The summed E-state index contributed by atoms with van der Waals surface area (Å²) in [6.45, 7) is 2.94. The standard InChI is InChI=1S/C19H29N3O4/c1-14-6-3-4-9-17(14)22-18(23)13-20-15-7-5-8-16(12-15)21-19(24)26-11-10-25-2/h5,7-8,12,14,17,20H,3-4,6,9-11,13H2,1-2H3,(H,21,24)(H,22,23). The molecule has 144 valence electrons. The van der Waals surface area contributed by atoms with Gasteiger partial charge in [0.2, 0.25) is 5.91 Å². The van der Waals surface area contributed by atoms with Crippen molar-refractivity contribution in [3.8, 4) is 0 Å². The van der Waals surface area contributed by atoms with E-state index in [-0.39, 0.29) is 25.1 Å². The number of hydrogen-bond acceptors (Lipinski definition) is 5. The topological polar surface area (TPSA) is 88.7 Å². The molecule has 1 aliphatic rings. The Balaban J connectivity index is 1.76. The molecule has 2 amide bonds. The number of nitrogens with one attached hydrogen (secondary N) is 3. The van der Waals surface area contributed by atoms with Gasteiger partial charge in [-0.15, -0.1) is 0 Å². The number of hydrogen-bond donors (Lipinski definition) is 3. The van der Waals surface area contributed by atoms with Crippen LogP contribution in [-0.4, -0.2) is 44.9 Å². The molecule has 0 spiro atoms. The Morgan fingerprint density at radius 3 is 2.69 bits per heavy atom. The van der Waals surface area contributed by atoms with Crippen LogP contribution in [0.5, 0.6) is 0 Å². The van der Waals surface area contributed by atoms with E-state index in [2.05, 4.69) is 22.9 Å². The van der Waals surface area contributed by atoms with E-state index < -0.39 is 6.09 Å². The number of benzene rings is 1. The predicted molar refractivity (Wildman–Crippen MR) is 101 cm³/mol. The smallest absolute Gasteiger partial charge is 0.411 e. The van der Waals surface area contributed by atoms with Crippen LogP contribution in [0.3, 0.4) is 0 Å². The van der Waals surface area contributed by atoms with E-state index in [4.69, 9.17) is 9.47 Å². The van der Waals surface area contributed by atoms with Crippen molar-refractivity contribution in [1.29, 1.82) is 0 Å². The van der Waals surface area contributed by atoms with Crippen molar-refractivity contribution in [2.24, 2.45) is 5.92 Å². The Morgan fingerprint density at radius 1 is 1.15 bits per heavy atom. The first-order valence-corrected chi connectivity index (χ1v) is 9.14. The first-order chi connectivity index (χ1) is 12.6. The summed E-state index contributed by atoms with van der Waals surface area (Å²) >= 11 is 0. The predicted octanol–water partition coefficient (Wildman–Crippen LogP) is 2.99. The van der Waals surface area contributed by atoms with Gasteiger partial charge in [-0.1, -0.05) is 25.8 Å². The Morgan fingerprint density at radius 2 is 1.92 bits per heavy atom. The summed E-state index contributed by atoms with van der Waals surface area (Å²) in [5, 5.41) is 8.85. The van der Waals surface area contributed by atoms with Gasteiger partial charge in [0.1, 0.15) is 6.61 Å². The highest BCUT2D eigenvalue weighted by molar-refractivity contribution is 5.86. The minimum absolute atomic E-state index is 0.0129. The molecule has 7 heteroatoms. The minimum Gasteiger partial charge on any atom is -0.447 e. The Labute approximate surface area is 154 Å². The van der Waals surface area contributed by atoms with E-state index in [0.717, 1.165) is 12.1 Å². The van der Waals surface area contributed by atoms with Crippen molar-refractivity contribution in [1.82, 2.24) is 5.32 Å². The number of anilines is 2. The van der Waals surface area contributed by atoms with Crippen LogP contribution in [0.25, 0.3) is 0 Å². The van der Waals surface area contributed by atoms with E-state index in [9.17, 15) is 9.59 Å². The highest BCUT2D eigenvalue weighted by Gasteiger charge is 2.22. The van der Waals surface area contributed by atoms with Crippen LogP contribution in [0, 0.1) is 5.92 Å². The highest BCUT2D eigenvalue weighted by Crippen LogP contribution is 2.23. The molecule has 1 aliphatic carbocycles. The molecule has 1 fully saturated rings. The van der Waals surface area contributed by atoms with Gasteiger partial charge in [-0.3, -0.25) is 10.1 Å².